The molecular weight excluding hydrogens is 518 g/mol. The van der Waals surface area contributed by atoms with Gasteiger partial charge in [-0.1, -0.05) is 51.1 Å². The van der Waals surface area contributed by atoms with Crippen LogP contribution in [0, 0.1) is 16.2 Å². The van der Waals surface area contributed by atoms with Gasteiger partial charge in [-0.25, -0.2) is 4.79 Å². The highest BCUT2D eigenvalue weighted by molar-refractivity contribution is 5.99. The highest BCUT2D eigenvalue weighted by Crippen LogP contribution is 2.76. The van der Waals surface area contributed by atoms with Gasteiger partial charge < -0.3 is 29.3 Å². The number of phenols is 1. The smallest absolute Gasteiger partial charge is 0.338 e. The van der Waals surface area contributed by atoms with Gasteiger partial charge in [-0.15, -0.1) is 0 Å². The molecule has 40 heavy (non-hydrogen) atoms. The Morgan fingerprint density at radius 2 is 1.73 bits per heavy atom. The van der Waals surface area contributed by atoms with Gasteiger partial charge in [-0.3, -0.25) is 14.4 Å². The number of aromatic hydroxyl groups is 1. The summed E-state index contributed by atoms with van der Waals surface area (Å²) < 4.78 is 17.5. The summed E-state index contributed by atoms with van der Waals surface area (Å²) in [5.41, 5.74) is -5.31. The van der Waals surface area contributed by atoms with Crippen LogP contribution in [-0.4, -0.2) is 69.5 Å². The van der Waals surface area contributed by atoms with Crippen LogP contribution in [0.1, 0.15) is 49.5 Å². The normalized spacial score (nSPS) is 34.2. The van der Waals surface area contributed by atoms with Gasteiger partial charge in [0.25, 0.3) is 5.91 Å². The predicted octanol–water partition coefficient (Wildman–Crippen LogP) is 2.35. The van der Waals surface area contributed by atoms with Crippen LogP contribution in [-0.2, 0) is 35.0 Å². The lowest BCUT2D eigenvalue weighted by molar-refractivity contribution is -0.211. The summed E-state index contributed by atoms with van der Waals surface area (Å²) in [6, 6.07) is 14.6. The summed E-state index contributed by atoms with van der Waals surface area (Å²) in [4.78, 5) is 55.5. The lowest BCUT2D eigenvalue weighted by atomic mass is 9.52. The molecule has 0 aromatic heterocycles. The Balaban J connectivity index is 1.51. The highest BCUT2D eigenvalue weighted by atomic mass is 16.6. The third kappa shape index (κ3) is 3.19. The summed E-state index contributed by atoms with van der Waals surface area (Å²) in [5.74, 6) is -2.72. The van der Waals surface area contributed by atoms with E-state index in [0.29, 0.717) is 6.42 Å². The summed E-state index contributed by atoms with van der Waals surface area (Å²) in [7, 11) is 0. The van der Waals surface area contributed by atoms with Gasteiger partial charge in [-0.2, -0.15) is 0 Å². The number of benzene rings is 2. The highest BCUT2D eigenvalue weighted by Gasteiger charge is 2.93. The molecule has 2 spiro atoms. The second-order valence-electron chi connectivity index (χ2n) is 12.2. The number of phenolic OH excluding ortho intramolecular Hbond substituents is 1. The molecule has 1 amide bonds. The molecule has 1 aliphatic carbocycles. The number of aliphatic hydroxyl groups is 1. The SMILES string of the molecule is CC(C)(C)[C@]1(O)C[C@@H]2OC(=O)C[C@@]23C(=O)O[C@@H]2N(CCc4ccc(O)cc4)C(=O)[C@H](OC(=O)c4ccccc4)[C@]213. The molecule has 1 saturated carbocycles. The van der Waals surface area contributed by atoms with Gasteiger partial charge in [0, 0.05) is 13.0 Å². The molecule has 10 heteroatoms. The van der Waals surface area contributed by atoms with Crippen molar-refractivity contribution in [2.45, 2.75) is 64.1 Å². The van der Waals surface area contributed by atoms with Crippen molar-refractivity contribution in [1.82, 2.24) is 4.90 Å². The summed E-state index contributed by atoms with van der Waals surface area (Å²) in [6.07, 6.45) is -4.17. The number of rotatable bonds is 5. The van der Waals surface area contributed by atoms with E-state index in [4.69, 9.17) is 14.2 Å². The number of hydrogen-bond donors (Lipinski definition) is 2. The standard InChI is InChI=1S/C30H31NO9/c1-27(2,3)29(37)15-20-28(16-21(33)38-20)26(36)40-25-30(28,29)22(39-24(35)18-7-5-4-6-8-18)23(34)31(25)14-13-17-9-11-19(32)12-10-17/h4-12,20,22,25,32,37H,13-16H2,1-3H3/t20-,22-,25-,28-,29+,30+/m0/s1. The zero-order valence-corrected chi connectivity index (χ0v) is 22.5. The quantitative estimate of drug-likeness (QED) is 0.425. The average Bonchev–Trinajstić information content (AvgIpc) is 3.51. The van der Waals surface area contributed by atoms with Crippen molar-refractivity contribution < 1.29 is 43.6 Å². The Labute approximate surface area is 230 Å². The van der Waals surface area contributed by atoms with E-state index in [1.807, 2.05) is 0 Å². The van der Waals surface area contributed by atoms with E-state index < -0.39 is 70.5 Å². The van der Waals surface area contributed by atoms with Gasteiger partial charge >= 0.3 is 17.9 Å². The molecule has 2 N–H and O–H groups in total. The average molecular weight is 550 g/mol. The molecule has 3 saturated heterocycles. The first-order valence-corrected chi connectivity index (χ1v) is 13.3. The van der Waals surface area contributed by atoms with Crippen LogP contribution in [0.3, 0.4) is 0 Å². The number of carbonyl (C=O) groups is 4. The topological polar surface area (TPSA) is 140 Å². The van der Waals surface area contributed by atoms with E-state index in [0.717, 1.165) is 5.56 Å². The van der Waals surface area contributed by atoms with Crippen LogP contribution in [0.4, 0.5) is 0 Å². The van der Waals surface area contributed by atoms with E-state index in [9.17, 15) is 29.4 Å². The Morgan fingerprint density at radius 3 is 2.38 bits per heavy atom. The Hall–Kier alpha value is -3.92. The van der Waals surface area contributed by atoms with Crippen molar-refractivity contribution in [3.8, 4) is 5.75 Å². The second kappa shape index (κ2) is 8.54. The first-order valence-electron chi connectivity index (χ1n) is 13.3. The second-order valence-corrected chi connectivity index (χ2v) is 12.2. The molecule has 4 aliphatic rings. The molecular formula is C30H31NO9. The lowest BCUT2D eigenvalue weighted by Gasteiger charge is -2.51. The van der Waals surface area contributed by atoms with Crippen LogP contribution in [0.15, 0.2) is 54.6 Å². The molecule has 4 fully saturated rings. The van der Waals surface area contributed by atoms with E-state index >= 15 is 0 Å². The largest absolute Gasteiger partial charge is 0.508 e. The number of amides is 1. The summed E-state index contributed by atoms with van der Waals surface area (Å²) in [6.45, 7) is 5.39. The number of likely N-dealkylation sites (tertiary alicyclic amines) is 1. The summed E-state index contributed by atoms with van der Waals surface area (Å²) in [5, 5.41) is 22.3. The predicted molar refractivity (Wildman–Crippen MR) is 137 cm³/mol. The third-order valence-corrected chi connectivity index (χ3v) is 9.38. The monoisotopic (exact) mass is 549 g/mol. The van der Waals surface area contributed by atoms with Crippen molar-refractivity contribution in [2.24, 2.45) is 16.2 Å². The molecule has 210 valence electrons. The number of hydrogen-bond acceptors (Lipinski definition) is 9. The molecule has 3 heterocycles. The molecule has 3 aliphatic heterocycles. The fourth-order valence-corrected chi connectivity index (χ4v) is 7.48. The van der Waals surface area contributed by atoms with Crippen LogP contribution in [0.25, 0.3) is 0 Å². The van der Waals surface area contributed by atoms with E-state index in [-0.39, 0.29) is 24.3 Å². The van der Waals surface area contributed by atoms with Crippen LogP contribution in [0.2, 0.25) is 0 Å². The Morgan fingerprint density at radius 1 is 1.05 bits per heavy atom. The molecule has 0 radical (unpaired) electrons. The third-order valence-electron chi connectivity index (χ3n) is 9.38. The van der Waals surface area contributed by atoms with Crippen molar-refractivity contribution in [2.75, 3.05) is 6.54 Å². The number of carbonyl (C=O) groups excluding carboxylic acids is 4. The molecule has 2 aromatic rings. The number of nitrogens with zero attached hydrogens (tertiary/aromatic N) is 1. The molecule has 10 nitrogen and oxygen atoms in total. The van der Waals surface area contributed by atoms with Crippen LogP contribution >= 0.6 is 0 Å². The molecule has 0 bridgehead atoms. The maximum absolute atomic E-state index is 14.3. The molecule has 6 rings (SSSR count). The molecule has 0 unspecified atom stereocenters. The van der Waals surface area contributed by atoms with E-state index in [1.54, 1.807) is 63.2 Å². The van der Waals surface area contributed by atoms with Gasteiger partial charge in [0.2, 0.25) is 0 Å². The number of ether oxygens (including phenoxy) is 3. The first kappa shape index (κ1) is 26.3. The van der Waals surface area contributed by atoms with Gasteiger partial charge in [-0.05, 0) is 41.7 Å². The Bertz CT molecular complexity index is 1400. The van der Waals surface area contributed by atoms with Crippen LogP contribution in [0.5, 0.6) is 5.75 Å². The maximum Gasteiger partial charge on any atom is 0.338 e. The van der Waals surface area contributed by atoms with Crippen molar-refractivity contribution in [1.29, 1.82) is 0 Å². The van der Waals surface area contributed by atoms with E-state index in [1.165, 1.54) is 17.0 Å². The summed E-state index contributed by atoms with van der Waals surface area (Å²) >= 11 is 0. The zero-order valence-electron chi connectivity index (χ0n) is 22.5. The number of esters is 3. The fourth-order valence-electron chi connectivity index (χ4n) is 7.48. The van der Waals surface area contributed by atoms with Gasteiger partial charge in [0.05, 0.1) is 17.6 Å². The maximum atomic E-state index is 14.3. The van der Waals surface area contributed by atoms with Gasteiger partial charge in [0.1, 0.15) is 22.7 Å². The first-order chi connectivity index (χ1) is 18.9. The van der Waals surface area contributed by atoms with Crippen molar-refractivity contribution in [3.05, 3.63) is 65.7 Å². The van der Waals surface area contributed by atoms with E-state index in [2.05, 4.69) is 0 Å². The van der Waals surface area contributed by atoms with Crippen molar-refractivity contribution in [3.63, 3.8) is 0 Å². The van der Waals surface area contributed by atoms with Crippen molar-refractivity contribution >= 4 is 23.8 Å². The zero-order chi connectivity index (χ0) is 28.7. The van der Waals surface area contributed by atoms with Crippen LogP contribution < -0.4 is 0 Å². The minimum absolute atomic E-state index is 0.0679. The molecule has 6 atom stereocenters. The Kier molecular flexibility index (Phi) is 5.62. The lowest BCUT2D eigenvalue weighted by Crippen LogP contribution is -2.66. The molecule has 2 aromatic carbocycles. The minimum atomic E-state index is -1.82. The van der Waals surface area contributed by atoms with Gasteiger partial charge in [0.15, 0.2) is 12.3 Å². The minimum Gasteiger partial charge on any atom is -0.508 e. The fraction of sp³-hybridized carbons (Fsp3) is 0.467.